The molecule has 1 aliphatic rings. The van der Waals surface area contributed by atoms with Crippen molar-refractivity contribution in [1.29, 1.82) is 0 Å². The zero-order valence-corrected chi connectivity index (χ0v) is 12.9. The van der Waals surface area contributed by atoms with Gasteiger partial charge in [0.2, 0.25) is 0 Å². The molecule has 106 valence electrons. The van der Waals surface area contributed by atoms with Crippen LogP contribution in [-0.4, -0.2) is 19.2 Å². The van der Waals surface area contributed by atoms with Crippen molar-refractivity contribution in [2.24, 2.45) is 5.92 Å². The molecule has 0 radical (unpaired) electrons. The second-order valence-electron chi connectivity index (χ2n) is 5.34. The predicted octanol–water partition coefficient (Wildman–Crippen LogP) is 4.14. The van der Waals surface area contributed by atoms with Crippen LogP contribution >= 0.6 is 15.9 Å². The molecule has 1 saturated carbocycles. The average Bonchev–Trinajstić information content (AvgIpc) is 2.41. The fourth-order valence-corrected chi connectivity index (χ4v) is 2.71. The van der Waals surface area contributed by atoms with Crippen LogP contribution in [0.25, 0.3) is 0 Å². The van der Waals surface area contributed by atoms with E-state index in [4.69, 9.17) is 4.74 Å². The minimum absolute atomic E-state index is 0.285. The molecule has 0 spiro atoms. The van der Waals surface area contributed by atoms with Crippen LogP contribution in [-0.2, 0) is 0 Å². The van der Waals surface area contributed by atoms with Gasteiger partial charge < -0.3 is 10.1 Å². The first-order valence-corrected chi connectivity index (χ1v) is 7.75. The van der Waals surface area contributed by atoms with Crippen LogP contribution in [0.15, 0.2) is 22.7 Å². The molecule has 0 aliphatic heterocycles. The van der Waals surface area contributed by atoms with Crippen molar-refractivity contribution < 1.29 is 9.13 Å². The molecule has 1 fully saturated rings. The lowest BCUT2D eigenvalue weighted by Crippen LogP contribution is -2.35. The maximum Gasteiger partial charge on any atom is 0.141 e. The zero-order chi connectivity index (χ0) is 13.7. The molecule has 0 saturated heterocycles. The van der Waals surface area contributed by atoms with Gasteiger partial charge in [-0.05, 0) is 59.7 Å². The van der Waals surface area contributed by atoms with Crippen LogP contribution < -0.4 is 10.1 Å². The summed E-state index contributed by atoms with van der Waals surface area (Å²) in [6, 6.07) is 5.48. The molecule has 1 aromatic rings. The van der Waals surface area contributed by atoms with Crippen LogP contribution in [0.5, 0.6) is 5.75 Å². The van der Waals surface area contributed by atoms with Gasteiger partial charge in [-0.3, -0.25) is 0 Å². The van der Waals surface area contributed by atoms with Gasteiger partial charge in [-0.15, -0.1) is 0 Å². The molecule has 0 aromatic heterocycles. The molecule has 1 aromatic carbocycles. The van der Waals surface area contributed by atoms with E-state index >= 15 is 0 Å². The minimum Gasteiger partial charge on any atom is -0.492 e. The van der Waals surface area contributed by atoms with Crippen LogP contribution in [0.1, 0.15) is 32.6 Å². The summed E-state index contributed by atoms with van der Waals surface area (Å²) in [6.45, 7) is 3.71. The highest BCUT2D eigenvalue weighted by molar-refractivity contribution is 9.10. The number of nitrogens with one attached hydrogen (secondary N) is 1. The highest BCUT2D eigenvalue weighted by Crippen LogP contribution is 2.23. The monoisotopic (exact) mass is 329 g/mol. The molecule has 0 amide bonds. The molecule has 1 N–H and O–H groups in total. The lowest BCUT2D eigenvalue weighted by Gasteiger charge is -2.27. The summed E-state index contributed by atoms with van der Waals surface area (Å²) in [6.07, 6.45) is 5.15. The van der Waals surface area contributed by atoms with Crippen LogP contribution in [0.4, 0.5) is 4.39 Å². The molecule has 1 aliphatic carbocycles. The summed E-state index contributed by atoms with van der Waals surface area (Å²) < 4.78 is 19.3. The first kappa shape index (κ1) is 14.8. The van der Waals surface area contributed by atoms with Crippen molar-refractivity contribution >= 4 is 15.9 Å². The first-order valence-electron chi connectivity index (χ1n) is 6.96. The Balaban J connectivity index is 1.65. The first-order chi connectivity index (χ1) is 9.15. The van der Waals surface area contributed by atoms with Crippen molar-refractivity contribution in [3.05, 3.63) is 28.5 Å². The van der Waals surface area contributed by atoms with Gasteiger partial charge in [-0.25, -0.2) is 4.39 Å². The van der Waals surface area contributed by atoms with Gasteiger partial charge in [-0.1, -0.05) is 6.92 Å². The Morgan fingerprint density at radius 2 is 2.05 bits per heavy atom. The third-order valence-electron chi connectivity index (χ3n) is 3.71. The van der Waals surface area contributed by atoms with Crippen molar-refractivity contribution in [2.45, 2.75) is 38.6 Å². The number of rotatable bonds is 5. The third-order valence-corrected chi connectivity index (χ3v) is 4.35. The normalized spacial score (nSPS) is 23.3. The van der Waals surface area contributed by atoms with Gasteiger partial charge in [-0.2, -0.15) is 0 Å². The Morgan fingerprint density at radius 1 is 1.32 bits per heavy atom. The number of hydrogen-bond donors (Lipinski definition) is 1. The zero-order valence-electron chi connectivity index (χ0n) is 11.3. The second-order valence-corrected chi connectivity index (χ2v) is 6.19. The molecule has 0 unspecified atom stereocenters. The molecule has 2 rings (SSSR count). The quantitative estimate of drug-likeness (QED) is 0.820. The smallest absolute Gasteiger partial charge is 0.141 e. The van der Waals surface area contributed by atoms with Crippen molar-refractivity contribution in [3.63, 3.8) is 0 Å². The molecule has 2 nitrogen and oxygen atoms in total. The largest absolute Gasteiger partial charge is 0.492 e. The van der Waals surface area contributed by atoms with Crippen LogP contribution in [0, 0.1) is 11.7 Å². The molecule has 0 bridgehead atoms. The molecule has 0 atom stereocenters. The maximum atomic E-state index is 13.3. The lowest BCUT2D eigenvalue weighted by atomic mass is 9.87. The fourth-order valence-electron chi connectivity index (χ4n) is 2.46. The van der Waals surface area contributed by atoms with E-state index in [2.05, 4.69) is 28.2 Å². The van der Waals surface area contributed by atoms with E-state index in [9.17, 15) is 4.39 Å². The van der Waals surface area contributed by atoms with E-state index in [1.807, 2.05) is 0 Å². The molecule has 19 heavy (non-hydrogen) atoms. The van der Waals surface area contributed by atoms with E-state index in [-0.39, 0.29) is 5.82 Å². The van der Waals surface area contributed by atoms with E-state index in [1.54, 1.807) is 12.1 Å². The number of hydrogen-bond acceptors (Lipinski definition) is 2. The molecule has 0 heterocycles. The van der Waals surface area contributed by atoms with Crippen molar-refractivity contribution in [2.75, 3.05) is 13.2 Å². The van der Waals surface area contributed by atoms with E-state index in [0.29, 0.717) is 22.9 Å². The summed E-state index contributed by atoms with van der Waals surface area (Å²) in [7, 11) is 0. The van der Waals surface area contributed by atoms with Crippen molar-refractivity contribution in [1.82, 2.24) is 5.32 Å². The van der Waals surface area contributed by atoms with Gasteiger partial charge in [0.05, 0.1) is 4.47 Å². The Labute approximate surface area is 122 Å². The third kappa shape index (κ3) is 4.77. The average molecular weight is 330 g/mol. The summed E-state index contributed by atoms with van der Waals surface area (Å²) >= 11 is 3.13. The molecular weight excluding hydrogens is 309 g/mol. The second kappa shape index (κ2) is 7.25. The maximum absolute atomic E-state index is 13.3. The number of ether oxygens (including phenoxy) is 1. The van der Waals surface area contributed by atoms with Crippen LogP contribution in [0.2, 0.25) is 0 Å². The molecular formula is C15H21BrFNO. The van der Waals surface area contributed by atoms with Crippen LogP contribution in [0.3, 0.4) is 0 Å². The highest BCUT2D eigenvalue weighted by Gasteiger charge is 2.17. The molecule has 4 heteroatoms. The minimum atomic E-state index is -0.285. The standard InChI is InChI=1S/C15H21BrFNO/c1-11-2-4-12(5-3-11)18-8-9-19-13-6-7-14(16)15(17)10-13/h6-7,10-12,18H,2-5,8-9H2,1H3. The number of halogens is 2. The Hall–Kier alpha value is -0.610. The number of benzene rings is 1. The summed E-state index contributed by atoms with van der Waals surface area (Å²) in [5.74, 6) is 1.17. The van der Waals surface area contributed by atoms with Gasteiger partial charge in [0.15, 0.2) is 0 Å². The van der Waals surface area contributed by atoms with E-state index < -0.39 is 0 Å². The predicted molar refractivity (Wildman–Crippen MR) is 79.0 cm³/mol. The van der Waals surface area contributed by atoms with Gasteiger partial charge in [0, 0.05) is 18.7 Å². The summed E-state index contributed by atoms with van der Waals surface area (Å²) in [5.41, 5.74) is 0. The SMILES string of the molecule is CC1CCC(NCCOc2ccc(Br)c(F)c2)CC1. The Kier molecular flexibility index (Phi) is 5.64. The van der Waals surface area contributed by atoms with Gasteiger partial charge in [0.1, 0.15) is 18.2 Å². The fraction of sp³-hybridized carbons (Fsp3) is 0.600. The van der Waals surface area contributed by atoms with E-state index in [0.717, 1.165) is 12.5 Å². The lowest BCUT2D eigenvalue weighted by molar-refractivity contribution is 0.270. The topological polar surface area (TPSA) is 21.3 Å². The van der Waals surface area contributed by atoms with Gasteiger partial charge >= 0.3 is 0 Å². The van der Waals surface area contributed by atoms with Crippen molar-refractivity contribution in [3.8, 4) is 5.75 Å². The summed E-state index contributed by atoms with van der Waals surface area (Å²) in [5, 5.41) is 3.51. The van der Waals surface area contributed by atoms with Gasteiger partial charge in [0.25, 0.3) is 0 Å². The van der Waals surface area contributed by atoms with E-state index in [1.165, 1.54) is 31.7 Å². The Bertz CT molecular complexity index is 405. The highest BCUT2D eigenvalue weighted by atomic mass is 79.9. The Morgan fingerprint density at radius 3 is 2.74 bits per heavy atom. The summed E-state index contributed by atoms with van der Waals surface area (Å²) in [4.78, 5) is 0.